The van der Waals surface area contributed by atoms with Crippen molar-refractivity contribution in [1.29, 1.82) is 0 Å². The lowest BCUT2D eigenvalue weighted by atomic mass is 10.1. The average Bonchev–Trinajstić information content (AvgIpc) is 2.56. The van der Waals surface area contributed by atoms with Crippen molar-refractivity contribution in [3.63, 3.8) is 0 Å². The molecule has 0 aliphatic carbocycles. The molecule has 2 rings (SSSR count). The Hall–Kier alpha value is -1.97. The molecule has 0 atom stereocenters. The Kier molecular flexibility index (Phi) is 6.98. The van der Waals surface area contributed by atoms with Gasteiger partial charge in [0.05, 0.1) is 18.3 Å². The standard InChI is InChI=1S/C19H27NO3/c1-2-3-4-5-6-7-8-9-13-22-17-11-10-15-16(21)12-14-23-19(15)18(17)20/h10-12,14H,2-9,13,20H2,1H3. The van der Waals surface area contributed by atoms with Gasteiger partial charge in [-0.2, -0.15) is 0 Å². The minimum Gasteiger partial charge on any atom is -0.491 e. The summed E-state index contributed by atoms with van der Waals surface area (Å²) in [4.78, 5) is 11.7. The van der Waals surface area contributed by atoms with Crippen molar-refractivity contribution in [2.45, 2.75) is 58.3 Å². The van der Waals surface area contributed by atoms with Crippen LogP contribution in [0, 0.1) is 0 Å². The van der Waals surface area contributed by atoms with Crippen LogP contribution in [0.1, 0.15) is 58.3 Å². The van der Waals surface area contributed by atoms with Gasteiger partial charge in [0.1, 0.15) is 11.4 Å². The zero-order valence-electron chi connectivity index (χ0n) is 14.0. The fourth-order valence-corrected chi connectivity index (χ4v) is 2.70. The molecule has 2 aromatic rings. The van der Waals surface area contributed by atoms with Crippen molar-refractivity contribution in [3.8, 4) is 5.75 Å². The Bertz CT molecular complexity index is 663. The molecule has 2 N–H and O–H groups in total. The molecule has 126 valence electrons. The highest BCUT2D eigenvalue weighted by atomic mass is 16.5. The van der Waals surface area contributed by atoms with E-state index in [1.165, 1.54) is 57.3 Å². The molecule has 0 amide bonds. The lowest BCUT2D eigenvalue weighted by molar-refractivity contribution is 0.306. The predicted molar refractivity (Wildman–Crippen MR) is 95.0 cm³/mol. The van der Waals surface area contributed by atoms with Crippen LogP contribution >= 0.6 is 0 Å². The van der Waals surface area contributed by atoms with E-state index >= 15 is 0 Å². The van der Waals surface area contributed by atoms with E-state index in [-0.39, 0.29) is 5.43 Å². The molecule has 0 fully saturated rings. The first-order valence-corrected chi connectivity index (χ1v) is 8.67. The maximum atomic E-state index is 11.7. The summed E-state index contributed by atoms with van der Waals surface area (Å²) in [6.45, 7) is 2.88. The first-order chi connectivity index (χ1) is 11.2. The van der Waals surface area contributed by atoms with Gasteiger partial charge in [-0.15, -0.1) is 0 Å². The second-order valence-corrected chi connectivity index (χ2v) is 5.96. The van der Waals surface area contributed by atoms with Crippen molar-refractivity contribution in [1.82, 2.24) is 0 Å². The zero-order valence-corrected chi connectivity index (χ0v) is 14.0. The number of unbranched alkanes of at least 4 members (excludes halogenated alkanes) is 7. The average molecular weight is 317 g/mol. The van der Waals surface area contributed by atoms with Crippen molar-refractivity contribution < 1.29 is 9.15 Å². The van der Waals surface area contributed by atoms with Crippen molar-refractivity contribution in [2.75, 3.05) is 12.3 Å². The quantitative estimate of drug-likeness (QED) is 0.500. The summed E-state index contributed by atoms with van der Waals surface area (Å²) >= 11 is 0. The molecule has 0 spiro atoms. The number of nitrogen functional groups attached to an aromatic ring is 1. The molecule has 1 heterocycles. The van der Waals surface area contributed by atoms with E-state index < -0.39 is 0 Å². The number of hydrogen-bond donors (Lipinski definition) is 1. The molecule has 1 aromatic carbocycles. The molecule has 4 nitrogen and oxygen atoms in total. The van der Waals surface area contributed by atoms with Gasteiger partial charge in [0.15, 0.2) is 11.0 Å². The molecule has 0 saturated heterocycles. The van der Waals surface area contributed by atoms with Crippen LogP contribution in [0.2, 0.25) is 0 Å². The second kappa shape index (κ2) is 9.23. The number of anilines is 1. The molecule has 0 aliphatic heterocycles. The van der Waals surface area contributed by atoms with Gasteiger partial charge in [-0.3, -0.25) is 4.79 Å². The topological polar surface area (TPSA) is 65.5 Å². The van der Waals surface area contributed by atoms with E-state index in [4.69, 9.17) is 14.9 Å². The Balaban J connectivity index is 1.75. The summed E-state index contributed by atoms with van der Waals surface area (Å²) in [5.74, 6) is 0.592. The summed E-state index contributed by atoms with van der Waals surface area (Å²) in [5.41, 5.74) is 6.76. The van der Waals surface area contributed by atoms with Crippen LogP contribution in [0.5, 0.6) is 5.75 Å². The molecule has 4 heteroatoms. The summed E-state index contributed by atoms with van der Waals surface area (Å²) in [5, 5.41) is 0.490. The first kappa shape index (κ1) is 17.4. The van der Waals surface area contributed by atoms with E-state index in [1.54, 1.807) is 12.1 Å². The highest BCUT2D eigenvalue weighted by Gasteiger charge is 2.09. The van der Waals surface area contributed by atoms with Gasteiger partial charge >= 0.3 is 0 Å². The number of nitrogens with two attached hydrogens (primary N) is 1. The summed E-state index contributed by atoms with van der Waals surface area (Å²) in [6.07, 6.45) is 11.5. The van der Waals surface area contributed by atoms with E-state index in [0.717, 1.165) is 6.42 Å². The molecular weight excluding hydrogens is 290 g/mol. The Morgan fingerprint density at radius 2 is 1.70 bits per heavy atom. The molecular formula is C19H27NO3. The summed E-state index contributed by atoms with van der Waals surface area (Å²) in [7, 11) is 0. The smallest absolute Gasteiger partial charge is 0.192 e. The lowest BCUT2D eigenvalue weighted by Gasteiger charge is -2.10. The van der Waals surface area contributed by atoms with Crippen LogP contribution < -0.4 is 15.9 Å². The maximum absolute atomic E-state index is 11.7. The van der Waals surface area contributed by atoms with Gasteiger partial charge in [-0.1, -0.05) is 51.9 Å². The monoisotopic (exact) mass is 317 g/mol. The highest BCUT2D eigenvalue weighted by molar-refractivity contribution is 5.90. The summed E-state index contributed by atoms with van der Waals surface area (Å²) < 4.78 is 11.1. The SMILES string of the molecule is CCCCCCCCCCOc1ccc2c(=O)ccoc2c1N. The van der Waals surface area contributed by atoms with Gasteiger partial charge in [0.25, 0.3) is 0 Å². The minimum atomic E-state index is -0.0902. The first-order valence-electron chi connectivity index (χ1n) is 8.67. The van der Waals surface area contributed by atoms with Crippen molar-refractivity contribution >= 4 is 16.7 Å². The normalized spacial score (nSPS) is 11.0. The number of benzene rings is 1. The molecule has 1 aromatic heterocycles. The van der Waals surface area contributed by atoms with E-state index in [2.05, 4.69) is 6.92 Å². The Labute approximate surface area is 137 Å². The molecule has 0 aliphatic rings. The van der Waals surface area contributed by atoms with Gasteiger partial charge < -0.3 is 14.9 Å². The van der Waals surface area contributed by atoms with Crippen LogP contribution in [0.3, 0.4) is 0 Å². The second-order valence-electron chi connectivity index (χ2n) is 5.96. The third-order valence-corrected chi connectivity index (χ3v) is 4.08. The highest BCUT2D eigenvalue weighted by Crippen LogP contribution is 2.29. The van der Waals surface area contributed by atoms with E-state index in [1.807, 2.05) is 0 Å². The van der Waals surface area contributed by atoms with E-state index in [9.17, 15) is 4.79 Å². The van der Waals surface area contributed by atoms with Crippen molar-refractivity contribution in [2.24, 2.45) is 0 Å². The maximum Gasteiger partial charge on any atom is 0.192 e. The Morgan fingerprint density at radius 1 is 1.00 bits per heavy atom. The van der Waals surface area contributed by atoms with Crippen LogP contribution in [-0.2, 0) is 0 Å². The molecule has 0 saturated carbocycles. The van der Waals surface area contributed by atoms with Crippen molar-refractivity contribution in [3.05, 3.63) is 34.7 Å². The number of fused-ring (bicyclic) bond motifs is 1. The van der Waals surface area contributed by atoms with Gasteiger partial charge in [0, 0.05) is 6.07 Å². The molecule has 0 bridgehead atoms. The van der Waals surface area contributed by atoms with Gasteiger partial charge in [-0.25, -0.2) is 0 Å². The molecule has 0 unspecified atom stereocenters. The van der Waals surface area contributed by atoms with Gasteiger partial charge in [-0.05, 0) is 18.6 Å². The van der Waals surface area contributed by atoms with Crippen LogP contribution in [-0.4, -0.2) is 6.61 Å². The number of rotatable bonds is 10. The number of ether oxygens (including phenoxy) is 1. The van der Waals surface area contributed by atoms with Crippen LogP contribution in [0.25, 0.3) is 11.0 Å². The Morgan fingerprint density at radius 3 is 2.43 bits per heavy atom. The third kappa shape index (κ3) is 5.02. The predicted octanol–water partition coefficient (Wildman–Crippen LogP) is 4.89. The molecule has 23 heavy (non-hydrogen) atoms. The fourth-order valence-electron chi connectivity index (χ4n) is 2.70. The fraction of sp³-hybridized carbons (Fsp3) is 0.526. The third-order valence-electron chi connectivity index (χ3n) is 4.08. The van der Waals surface area contributed by atoms with Crippen LogP contribution in [0.15, 0.2) is 33.7 Å². The van der Waals surface area contributed by atoms with E-state index in [0.29, 0.717) is 29.0 Å². The number of hydrogen-bond acceptors (Lipinski definition) is 4. The zero-order chi connectivity index (χ0) is 16.5. The molecule has 0 radical (unpaired) electrons. The minimum absolute atomic E-state index is 0.0902. The summed E-state index contributed by atoms with van der Waals surface area (Å²) in [6, 6.07) is 4.85. The van der Waals surface area contributed by atoms with Crippen LogP contribution in [0.4, 0.5) is 5.69 Å². The van der Waals surface area contributed by atoms with Gasteiger partial charge in [0.2, 0.25) is 0 Å². The largest absolute Gasteiger partial charge is 0.491 e. The lowest BCUT2D eigenvalue weighted by Crippen LogP contribution is -2.04.